The molecule has 1 rings (SSSR count). The fourth-order valence-electron chi connectivity index (χ4n) is 2.15. The van der Waals surface area contributed by atoms with Crippen LogP contribution in [-0.4, -0.2) is 47.8 Å². The topological polar surface area (TPSA) is 71.1 Å². The number of ether oxygens (including phenoxy) is 4. The summed E-state index contributed by atoms with van der Waals surface area (Å²) in [6.45, 7) is 7.51. The minimum atomic E-state index is -5.85. The van der Waals surface area contributed by atoms with E-state index in [2.05, 4.69) is 14.2 Å². The Bertz CT molecular complexity index is 625. The number of halogens is 5. The summed E-state index contributed by atoms with van der Waals surface area (Å²) in [6.07, 6.45) is -7.67. The first-order valence-corrected chi connectivity index (χ1v) is 8.48. The molecule has 0 spiro atoms. The quantitative estimate of drug-likeness (QED) is 0.489. The Kier molecular flexibility index (Phi) is 6.09. The van der Waals surface area contributed by atoms with Gasteiger partial charge < -0.3 is 18.9 Å². The monoisotopic (exact) mass is 420 g/mol. The van der Waals surface area contributed by atoms with Gasteiger partial charge in [0.2, 0.25) is 5.60 Å². The molecule has 2 atom stereocenters. The average molecular weight is 420 g/mol. The first-order chi connectivity index (χ1) is 12.2. The lowest BCUT2D eigenvalue weighted by Crippen LogP contribution is -2.65. The molecule has 6 nitrogen and oxygen atoms in total. The van der Waals surface area contributed by atoms with Gasteiger partial charge in [0.1, 0.15) is 5.60 Å². The second-order valence-electron chi connectivity index (χ2n) is 8.40. The summed E-state index contributed by atoms with van der Waals surface area (Å²) >= 11 is 0. The van der Waals surface area contributed by atoms with Crippen molar-refractivity contribution in [2.75, 3.05) is 6.61 Å². The molecular weight excluding hydrogens is 395 g/mol. The standard InChI is InChI=1S/C17H25F5O6/c1-8-13(5,6)10(23)26-14(7)9-25-16(15(14,18)19,17(20,21)22)28-11(24)27-12(2,3)4/h8-9H2,1-7H3. The number of hydrogen-bond donors (Lipinski definition) is 0. The van der Waals surface area contributed by atoms with E-state index in [4.69, 9.17) is 4.74 Å². The molecule has 28 heavy (non-hydrogen) atoms. The fourth-order valence-corrected chi connectivity index (χ4v) is 2.15. The molecule has 11 heteroatoms. The van der Waals surface area contributed by atoms with E-state index >= 15 is 0 Å². The van der Waals surface area contributed by atoms with Crippen molar-refractivity contribution >= 4 is 12.1 Å². The van der Waals surface area contributed by atoms with Gasteiger partial charge in [-0.2, -0.15) is 22.0 Å². The highest BCUT2D eigenvalue weighted by molar-refractivity contribution is 5.76. The lowest BCUT2D eigenvalue weighted by Gasteiger charge is -2.39. The predicted octanol–water partition coefficient (Wildman–Crippen LogP) is 4.60. The van der Waals surface area contributed by atoms with Gasteiger partial charge in [-0.3, -0.25) is 4.79 Å². The Morgan fingerprint density at radius 3 is 1.93 bits per heavy atom. The predicted molar refractivity (Wildman–Crippen MR) is 85.6 cm³/mol. The van der Waals surface area contributed by atoms with Crippen molar-refractivity contribution in [3.8, 4) is 0 Å². The molecule has 0 aliphatic carbocycles. The molecule has 0 N–H and O–H groups in total. The van der Waals surface area contributed by atoms with Gasteiger partial charge >= 0.3 is 30.0 Å². The van der Waals surface area contributed by atoms with Gasteiger partial charge in [0.25, 0.3) is 0 Å². The Morgan fingerprint density at radius 2 is 1.54 bits per heavy atom. The highest BCUT2D eigenvalue weighted by atomic mass is 19.4. The van der Waals surface area contributed by atoms with E-state index in [1.54, 1.807) is 6.92 Å². The summed E-state index contributed by atoms with van der Waals surface area (Å²) in [7, 11) is 0. The molecule has 0 aromatic rings. The third-order valence-corrected chi connectivity index (χ3v) is 4.37. The van der Waals surface area contributed by atoms with Crippen LogP contribution in [0.4, 0.5) is 26.7 Å². The molecule has 1 heterocycles. The lowest BCUT2D eigenvalue weighted by atomic mass is 9.89. The SMILES string of the molecule is CCC(C)(C)C(=O)OC1(C)COC(OC(=O)OC(C)(C)C)(C(F)(F)F)C1(F)F. The van der Waals surface area contributed by atoms with Crippen LogP contribution in [0.1, 0.15) is 54.9 Å². The minimum Gasteiger partial charge on any atom is -0.450 e. The molecule has 0 aromatic carbocycles. The zero-order valence-electron chi connectivity index (χ0n) is 16.8. The van der Waals surface area contributed by atoms with E-state index in [0.29, 0.717) is 6.92 Å². The van der Waals surface area contributed by atoms with Crippen LogP contribution < -0.4 is 0 Å². The summed E-state index contributed by atoms with van der Waals surface area (Å²) in [5.74, 6) is -10.8. The number of carbonyl (C=O) groups excluding carboxylic acids is 2. The molecule has 0 aromatic heterocycles. The van der Waals surface area contributed by atoms with Crippen LogP contribution in [0.5, 0.6) is 0 Å². The molecule has 0 radical (unpaired) electrons. The second-order valence-corrected chi connectivity index (χ2v) is 8.40. The maximum absolute atomic E-state index is 15.0. The largest absolute Gasteiger partial charge is 0.511 e. The summed E-state index contributed by atoms with van der Waals surface area (Å²) in [4.78, 5) is 23.9. The number of carbonyl (C=O) groups is 2. The van der Waals surface area contributed by atoms with E-state index in [1.165, 1.54) is 34.6 Å². The van der Waals surface area contributed by atoms with Gasteiger partial charge in [-0.05, 0) is 48.0 Å². The van der Waals surface area contributed by atoms with E-state index in [0.717, 1.165) is 0 Å². The van der Waals surface area contributed by atoms with Crippen molar-refractivity contribution in [1.29, 1.82) is 0 Å². The molecule has 1 aliphatic heterocycles. The minimum absolute atomic E-state index is 0.188. The van der Waals surface area contributed by atoms with E-state index < -0.39 is 53.2 Å². The van der Waals surface area contributed by atoms with Gasteiger partial charge in [-0.25, -0.2) is 4.79 Å². The summed E-state index contributed by atoms with van der Waals surface area (Å²) in [5.41, 5.74) is -5.57. The molecule has 0 bridgehead atoms. The van der Waals surface area contributed by atoms with Crippen LogP contribution in [0.15, 0.2) is 0 Å². The number of alkyl halides is 5. The van der Waals surface area contributed by atoms with Crippen LogP contribution >= 0.6 is 0 Å². The van der Waals surface area contributed by atoms with Crippen molar-refractivity contribution in [2.24, 2.45) is 5.41 Å². The van der Waals surface area contributed by atoms with E-state index in [-0.39, 0.29) is 6.42 Å². The highest BCUT2D eigenvalue weighted by Crippen LogP contribution is 2.57. The number of rotatable bonds is 4. The molecule has 0 saturated carbocycles. The maximum Gasteiger partial charge on any atom is 0.511 e. The summed E-state index contributed by atoms with van der Waals surface area (Å²) in [5, 5.41) is 0. The van der Waals surface area contributed by atoms with Gasteiger partial charge in [-0.1, -0.05) is 6.92 Å². The van der Waals surface area contributed by atoms with E-state index in [9.17, 15) is 31.5 Å². The zero-order valence-corrected chi connectivity index (χ0v) is 16.8. The fraction of sp³-hybridized carbons (Fsp3) is 0.882. The zero-order chi connectivity index (χ0) is 22.4. The van der Waals surface area contributed by atoms with Gasteiger partial charge in [-0.15, -0.1) is 0 Å². The molecule has 1 fully saturated rings. The number of esters is 1. The molecule has 1 saturated heterocycles. The highest BCUT2D eigenvalue weighted by Gasteiger charge is 2.86. The summed E-state index contributed by atoms with van der Waals surface area (Å²) < 4.78 is 88.4. The van der Waals surface area contributed by atoms with Gasteiger partial charge in [0.15, 0.2) is 0 Å². The second kappa shape index (κ2) is 7.00. The van der Waals surface area contributed by atoms with Crippen LogP contribution in [0.2, 0.25) is 0 Å². The smallest absolute Gasteiger partial charge is 0.450 e. The van der Waals surface area contributed by atoms with Gasteiger partial charge in [0, 0.05) is 0 Å². The Labute approximate surface area is 159 Å². The molecule has 0 amide bonds. The van der Waals surface area contributed by atoms with Gasteiger partial charge in [0.05, 0.1) is 12.0 Å². The van der Waals surface area contributed by atoms with Crippen molar-refractivity contribution in [2.45, 2.75) is 84.0 Å². The first-order valence-electron chi connectivity index (χ1n) is 8.48. The Balaban J connectivity index is 3.32. The Hall–Kier alpha value is -1.65. The molecular formula is C17H25F5O6. The lowest BCUT2D eigenvalue weighted by molar-refractivity contribution is -0.409. The maximum atomic E-state index is 15.0. The third-order valence-electron chi connectivity index (χ3n) is 4.37. The van der Waals surface area contributed by atoms with Crippen LogP contribution in [0.3, 0.4) is 0 Å². The van der Waals surface area contributed by atoms with Crippen molar-refractivity contribution in [3.05, 3.63) is 0 Å². The van der Waals surface area contributed by atoms with Crippen LogP contribution in [-0.2, 0) is 23.7 Å². The normalized spacial score (nSPS) is 28.0. The van der Waals surface area contributed by atoms with Crippen molar-refractivity contribution < 1.29 is 50.5 Å². The Morgan fingerprint density at radius 1 is 1.04 bits per heavy atom. The number of hydrogen-bond acceptors (Lipinski definition) is 6. The molecule has 2 unspecified atom stereocenters. The third kappa shape index (κ3) is 4.18. The van der Waals surface area contributed by atoms with E-state index in [1.807, 2.05) is 0 Å². The van der Waals surface area contributed by atoms with Crippen molar-refractivity contribution in [1.82, 2.24) is 0 Å². The van der Waals surface area contributed by atoms with Crippen molar-refractivity contribution in [3.63, 3.8) is 0 Å². The first kappa shape index (κ1) is 24.4. The average Bonchev–Trinajstić information content (AvgIpc) is 2.66. The summed E-state index contributed by atoms with van der Waals surface area (Å²) in [6, 6.07) is 0. The van der Waals surface area contributed by atoms with Crippen LogP contribution in [0.25, 0.3) is 0 Å². The molecule has 1 aliphatic rings. The molecule has 164 valence electrons. The van der Waals surface area contributed by atoms with Crippen LogP contribution in [0, 0.1) is 5.41 Å².